The van der Waals surface area contributed by atoms with E-state index in [9.17, 15) is 14.7 Å². The van der Waals surface area contributed by atoms with Gasteiger partial charge in [0, 0.05) is 20.1 Å². The summed E-state index contributed by atoms with van der Waals surface area (Å²) < 4.78 is 0. The third kappa shape index (κ3) is 2.92. The van der Waals surface area contributed by atoms with Gasteiger partial charge in [-0.2, -0.15) is 0 Å². The quantitative estimate of drug-likeness (QED) is 0.919. The Morgan fingerprint density at radius 1 is 1.35 bits per heavy atom. The zero-order valence-corrected chi connectivity index (χ0v) is 11.8. The lowest BCUT2D eigenvalue weighted by Gasteiger charge is -2.28. The number of hydrogen-bond acceptors (Lipinski definition) is 2. The van der Waals surface area contributed by atoms with E-state index in [1.54, 1.807) is 11.9 Å². The van der Waals surface area contributed by atoms with Crippen LogP contribution in [0.3, 0.4) is 0 Å². The maximum Gasteiger partial charge on any atom is 0.326 e. The number of hydrogen-bond donors (Lipinski definition) is 1. The van der Waals surface area contributed by atoms with Crippen LogP contribution < -0.4 is 0 Å². The second-order valence-corrected chi connectivity index (χ2v) is 5.37. The second kappa shape index (κ2) is 5.94. The van der Waals surface area contributed by atoms with E-state index in [0.29, 0.717) is 13.1 Å². The zero-order chi connectivity index (χ0) is 14.7. The minimum Gasteiger partial charge on any atom is -0.480 e. The molecule has 1 aromatic rings. The molecule has 2 rings (SSSR count). The smallest absolute Gasteiger partial charge is 0.326 e. The number of urea groups is 1. The highest BCUT2D eigenvalue weighted by Gasteiger charge is 2.40. The first-order chi connectivity index (χ1) is 9.50. The van der Waals surface area contributed by atoms with Crippen molar-refractivity contribution < 1.29 is 14.7 Å². The Morgan fingerprint density at radius 3 is 2.60 bits per heavy atom. The molecular formula is C15H20N2O3. The van der Waals surface area contributed by atoms with Crippen LogP contribution in [0.2, 0.25) is 0 Å². The number of carboxylic acids is 1. The van der Waals surface area contributed by atoms with Gasteiger partial charge in [0.05, 0.1) is 0 Å². The van der Waals surface area contributed by atoms with Gasteiger partial charge in [0.2, 0.25) is 0 Å². The van der Waals surface area contributed by atoms with Gasteiger partial charge in [-0.05, 0) is 17.9 Å². The van der Waals surface area contributed by atoms with Crippen molar-refractivity contribution in [1.82, 2.24) is 9.80 Å². The van der Waals surface area contributed by atoms with Crippen LogP contribution in [0.25, 0.3) is 0 Å². The lowest BCUT2D eigenvalue weighted by atomic mass is 10.0. The van der Waals surface area contributed by atoms with Gasteiger partial charge in [-0.1, -0.05) is 37.3 Å². The van der Waals surface area contributed by atoms with Crippen LogP contribution in [0.1, 0.15) is 18.9 Å². The Hall–Kier alpha value is -2.04. The minimum absolute atomic E-state index is 0.00146. The summed E-state index contributed by atoms with van der Waals surface area (Å²) in [6.07, 6.45) is 0.738. The Labute approximate surface area is 118 Å². The number of amides is 2. The fourth-order valence-electron chi connectivity index (χ4n) is 2.68. The largest absolute Gasteiger partial charge is 0.480 e. The molecule has 20 heavy (non-hydrogen) atoms. The molecule has 2 amide bonds. The van der Waals surface area contributed by atoms with Crippen LogP contribution in [-0.4, -0.2) is 46.5 Å². The van der Waals surface area contributed by atoms with Crippen molar-refractivity contribution in [3.8, 4) is 0 Å². The summed E-state index contributed by atoms with van der Waals surface area (Å²) in [5.74, 6) is -0.918. The number of rotatable bonds is 3. The number of nitrogens with zero attached hydrogens (tertiary/aromatic N) is 2. The standard InChI is InChI=1S/C15H20N2O3/c1-11-8-9-17(13(11)14(18)19)15(20)16(2)10-12-6-4-3-5-7-12/h3-7,11,13H,8-10H2,1-2H3,(H,18,19). The summed E-state index contributed by atoms with van der Waals surface area (Å²) in [4.78, 5) is 26.7. The number of likely N-dealkylation sites (tertiary alicyclic amines) is 1. The van der Waals surface area contributed by atoms with E-state index >= 15 is 0 Å². The molecule has 1 saturated heterocycles. The average Bonchev–Trinajstić information content (AvgIpc) is 2.81. The van der Waals surface area contributed by atoms with Crippen LogP contribution in [0.15, 0.2) is 30.3 Å². The van der Waals surface area contributed by atoms with Gasteiger partial charge in [-0.15, -0.1) is 0 Å². The van der Waals surface area contributed by atoms with E-state index in [2.05, 4.69) is 0 Å². The monoisotopic (exact) mass is 276 g/mol. The van der Waals surface area contributed by atoms with Gasteiger partial charge < -0.3 is 14.9 Å². The highest BCUT2D eigenvalue weighted by atomic mass is 16.4. The molecule has 2 unspecified atom stereocenters. The van der Waals surface area contributed by atoms with Gasteiger partial charge in [-0.25, -0.2) is 9.59 Å². The van der Waals surface area contributed by atoms with Crippen LogP contribution in [0.5, 0.6) is 0 Å². The van der Waals surface area contributed by atoms with Crippen molar-refractivity contribution >= 4 is 12.0 Å². The summed E-state index contributed by atoms with van der Waals surface area (Å²) in [6, 6.07) is 8.74. The molecule has 2 atom stereocenters. The van der Waals surface area contributed by atoms with Crippen molar-refractivity contribution in [1.29, 1.82) is 0 Å². The number of carbonyl (C=O) groups is 2. The maximum atomic E-state index is 12.4. The molecule has 5 nitrogen and oxygen atoms in total. The SMILES string of the molecule is CC1CCN(C(=O)N(C)Cc2ccccc2)C1C(=O)O. The second-order valence-electron chi connectivity index (χ2n) is 5.37. The Bertz CT molecular complexity index is 489. The predicted molar refractivity (Wildman–Crippen MR) is 75.2 cm³/mol. The summed E-state index contributed by atoms with van der Waals surface area (Å²) in [5.41, 5.74) is 1.03. The van der Waals surface area contributed by atoms with Crippen molar-refractivity contribution in [3.05, 3.63) is 35.9 Å². The number of carbonyl (C=O) groups excluding carboxylic acids is 1. The molecule has 0 aromatic heterocycles. The first-order valence-corrected chi connectivity index (χ1v) is 6.79. The normalized spacial score (nSPS) is 21.8. The van der Waals surface area contributed by atoms with Crippen LogP contribution in [0.4, 0.5) is 4.79 Å². The highest BCUT2D eigenvalue weighted by molar-refractivity contribution is 5.83. The molecule has 5 heteroatoms. The van der Waals surface area contributed by atoms with Gasteiger partial charge in [0.15, 0.2) is 0 Å². The lowest BCUT2D eigenvalue weighted by molar-refractivity contribution is -0.142. The van der Waals surface area contributed by atoms with Crippen molar-refractivity contribution in [3.63, 3.8) is 0 Å². The molecule has 1 fully saturated rings. The first-order valence-electron chi connectivity index (χ1n) is 6.79. The summed E-state index contributed by atoms with van der Waals surface area (Å²) in [5, 5.41) is 9.26. The molecule has 1 heterocycles. The first kappa shape index (κ1) is 14.4. The van der Waals surface area contributed by atoms with Crippen molar-refractivity contribution in [2.24, 2.45) is 5.92 Å². The third-order valence-electron chi connectivity index (χ3n) is 3.79. The molecule has 1 aliphatic rings. The molecular weight excluding hydrogens is 256 g/mol. The minimum atomic E-state index is -0.920. The molecule has 1 N–H and O–H groups in total. The average molecular weight is 276 g/mol. The topological polar surface area (TPSA) is 60.9 Å². The molecule has 1 aromatic carbocycles. The van der Waals surface area contributed by atoms with Gasteiger partial charge in [0.25, 0.3) is 0 Å². The fraction of sp³-hybridized carbons (Fsp3) is 0.467. The molecule has 0 spiro atoms. The summed E-state index contributed by atoms with van der Waals surface area (Å²) in [6.45, 7) is 2.87. The molecule has 108 valence electrons. The molecule has 1 aliphatic heterocycles. The number of benzene rings is 1. The van der Waals surface area contributed by atoms with E-state index in [1.807, 2.05) is 37.3 Å². The maximum absolute atomic E-state index is 12.4. The molecule has 0 bridgehead atoms. The summed E-state index contributed by atoms with van der Waals surface area (Å²) >= 11 is 0. The Balaban J connectivity index is 2.05. The molecule has 0 aliphatic carbocycles. The van der Waals surface area contributed by atoms with E-state index < -0.39 is 12.0 Å². The molecule has 0 saturated carbocycles. The molecule has 0 radical (unpaired) electrons. The third-order valence-corrected chi connectivity index (χ3v) is 3.79. The van der Waals surface area contributed by atoms with Crippen LogP contribution in [0, 0.1) is 5.92 Å². The Morgan fingerprint density at radius 2 is 2.00 bits per heavy atom. The van der Waals surface area contributed by atoms with E-state index in [1.165, 1.54) is 4.90 Å². The lowest BCUT2D eigenvalue weighted by Crippen LogP contribution is -2.47. The zero-order valence-electron chi connectivity index (χ0n) is 11.8. The number of aliphatic carboxylic acids is 1. The van der Waals surface area contributed by atoms with Crippen molar-refractivity contribution in [2.75, 3.05) is 13.6 Å². The van der Waals surface area contributed by atoms with Crippen LogP contribution in [-0.2, 0) is 11.3 Å². The van der Waals surface area contributed by atoms with Gasteiger partial charge >= 0.3 is 12.0 Å². The number of carboxylic acid groups (broad SMARTS) is 1. The summed E-state index contributed by atoms with van der Waals surface area (Å²) in [7, 11) is 1.71. The van der Waals surface area contributed by atoms with E-state index in [0.717, 1.165) is 12.0 Å². The highest BCUT2D eigenvalue weighted by Crippen LogP contribution is 2.25. The van der Waals surface area contributed by atoms with E-state index in [4.69, 9.17) is 0 Å². The van der Waals surface area contributed by atoms with Gasteiger partial charge in [0.1, 0.15) is 6.04 Å². The predicted octanol–water partition coefficient (Wildman–Crippen LogP) is 2.03. The van der Waals surface area contributed by atoms with Crippen molar-refractivity contribution in [2.45, 2.75) is 25.9 Å². The van der Waals surface area contributed by atoms with Crippen LogP contribution >= 0.6 is 0 Å². The Kier molecular flexibility index (Phi) is 4.27. The van der Waals surface area contributed by atoms with Gasteiger partial charge in [-0.3, -0.25) is 0 Å². The fourth-order valence-corrected chi connectivity index (χ4v) is 2.68. The van der Waals surface area contributed by atoms with E-state index in [-0.39, 0.29) is 11.9 Å².